The van der Waals surface area contributed by atoms with E-state index in [0.29, 0.717) is 5.92 Å². The molecule has 1 heterocycles. The van der Waals surface area contributed by atoms with Crippen LogP contribution in [0.15, 0.2) is 30.6 Å². The van der Waals surface area contributed by atoms with E-state index < -0.39 is 0 Å². The zero-order valence-corrected chi connectivity index (χ0v) is 13.7. The van der Waals surface area contributed by atoms with Crippen LogP contribution in [0.2, 0.25) is 0 Å². The van der Waals surface area contributed by atoms with Gasteiger partial charge >= 0.3 is 0 Å². The lowest BCUT2D eigenvalue weighted by molar-refractivity contribution is 0.401. The first kappa shape index (κ1) is 15.7. The number of nitrogens with zero attached hydrogens (tertiary/aromatic N) is 3. The largest absolute Gasteiger partial charge is 0.311 e. The highest BCUT2D eigenvalue weighted by atomic mass is 15.3. The molecule has 0 fully saturated rings. The third-order valence-electron chi connectivity index (χ3n) is 3.74. The summed E-state index contributed by atoms with van der Waals surface area (Å²) in [6.45, 7) is 9.70. The molecule has 114 valence electrons. The average Bonchev–Trinajstić information content (AvgIpc) is 2.80. The Morgan fingerprint density at radius 3 is 2.52 bits per heavy atom. The lowest BCUT2D eigenvalue weighted by atomic mass is 9.91. The van der Waals surface area contributed by atoms with E-state index in [4.69, 9.17) is 0 Å². The molecule has 2 rings (SSSR count). The molecular weight excluding hydrogens is 260 g/mol. The first-order valence-electron chi connectivity index (χ1n) is 7.50. The molecule has 1 N–H and O–H groups in total. The van der Waals surface area contributed by atoms with Gasteiger partial charge in [0.2, 0.25) is 0 Å². The molecule has 21 heavy (non-hydrogen) atoms. The van der Waals surface area contributed by atoms with Gasteiger partial charge in [-0.1, -0.05) is 24.3 Å². The Bertz CT molecular complexity index is 580. The molecule has 2 aromatic rings. The standard InChI is InChI=1S/C17H26N4/c1-13-8-6-7-9-15(13)14(11-19-17(2,3)4)10-16-18-12-20-21(16)5/h6-9,12,14,19H,10-11H2,1-5H3. The second-order valence-electron chi connectivity index (χ2n) is 6.69. The molecule has 0 aliphatic carbocycles. The fraction of sp³-hybridized carbons (Fsp3) is 0.529. The minimum atomic E-state index is 0.112. The van der Waals surface area contributed by atoms with Crippen LogP contribution >= 0.6 is 0 Å². The summed E-state index contributed by atoms with van der Waals surface area (Å²) in [4.78, 5) is 4.38. The highest BCUT2D eigenvalue weighted by Crippen LogP contribution is 2.23. The van der Waals surface area contributed by atoms with Gasteiger partial charge in [-0.3, -0.25) is 4.68 Å². The maximum absolute atomic E-state index is 4.38. The van der Waals surface area contributed by atoms with E-state index in [0.717, 1.165) is 18.8 Å². The topological polar surface area (TPSA) is 42.7 Å². The van der Waals surface area contributed by atoms with E-state index in [1.54, 1.807) is 6.33 Å². The summed E-state index contributed by atoms with van der Waals surface area (Å²) in [5.41, 5.74) is 2.83. The maximum atomic E-state index is 4.38. The maximum Gasteiger partial charge on any atom is 0.138 e. The molecule has 0 radical (unpaired) electrons. The summed E-state index contributed by atoms with van der Waals surface area (Å²) in [5.74, 6) is 1.42. The Hall–Kier alpha value is -1.68. The van der Waals surface area contributed by atoms with Crippen LogP contribution in [0.4, 0.5) is 0 Å². The number of hydrogen-bond acceptors (Lipinski definition) is 3. The summed E-state index contributed by atoms with van der Waals surface area (Å²) in [7, 11) is 1.95. The minimum Gasteiger partial charge on any atom is -0.311 e. The molecule has 4 nitrogen and oxygen atoms in total. The number of rotatable bonds is 5. The lowest BCUT2D eigenvalue weighted by Gasteiger charge is -2.26. The third kappa shape index (κ3) is 4.39. The van der Waals surface area contributed by atoms with Crippen LogP contribution in [-0.4, -0.2) is 26.8 Å². The molecule has 0 aliphatic rings. The average molecular weight is 286 g/mol. The molecule has 0 aliphatic heterocycles. The van der Waals surface area contributed by atoms with E-state index in [1.165, 1.54) is 11.1 Å². The predicted molar refractivity (Wildman–Crippen MR) is 86.4 cm³/mol. The molecule has 0 spiro atoms. The van der Waals surface area contributed by atoms with Crippen molar-refractivity contribution in [2.75, 3.05) is 6.54 Å². The fourth-order valence-corrected chi connectivity index (χ4v) is 2.49. The van der Waals surface area contributed by atoms with Crippen LogP contribution in [0, 0.1) is 6.92 Å². The van der Waals surface area contributed by atoms with E-state index >= 15 is 0 Å². The zero-order chi connectivity index (χ0) is 15.5. The summed E-state index contributed by atoms with van der Waals surface area (Å²) in [5, 5.41) is 7.80. The first-order valence-corrected chi connectivity index (χ1v) is 7.50. The highest BCUT2D eigenvalue weighted by Gasteiger charge is 2.19. The second-order valence-corrected chi connectivity index (χ2v) is 6.69. The molecular formula is C17H26N4. The van der Waals surface area contributed by atoms with Gasteiger partial charge in [0.1, 0.15) is 12.2 Å². The van der Waals surface area contributed by atoms with Crippen molar-refractivity contribution in [2.45, 2.75) is 45.6 Å². The number of hydrogen-bond donors (Lipinski definition) is 1. The molecule has 1 unspecified atom stereocenters. The van der Waals surface area contributed by atoms with Crippen LogP contribution in [0.25, 0.3) is 0 Å². The SMILES string of the molecule is Cc1ccccc1C(CNC(C)(C)C)Cc1ncnn1C. The van der Waals surface area contributed by atoms with E-state index in [-0.39, 0.29) is 5.54 Å². The Labute approximate surface area is 127 Å². The molecule has 1 aromatic heterocycles. The van der Waals surface area contributed by atoms with E-state index in [1.807, 2.05) is 11.7 Å². The molecule has 0 bridgehead atoms. The van der Waals surface area contributed by atoms with Gasteiger partial charge in [0.15, 0.2) is 0 Å². The molecule has 0 amide bonds. The molecule has 4 heteroatoms. The Morgan fingerprint density at radius 2 is 1.95 bits per heavy atom. The van der Waals surface area contributed by atoms with Crippen molar-refractivity contribution in [1.29, 1.82) is 0 Å². The van der Waals surface area contributed by atoms with Gasteiger partial charge in [0, 0.05) is 31.5 Å². The van der Waals surface area contributed by atoms with Crippen molar-refractivity contribution in [3.8, 4) is 0 Å². The second kappa shape index (κ2) is 6.39. The van der Waals surface area contributed by atoms with Crippen molar-refractivity contribution >= 4 is 0 Å². The van der Waals surface area contributed by atoms with E-state index in [9.17, 15) is 0 Å². The van der Waals surface area contributed by atoms with Crippen LogP contribution in [0.1, 0.15) is 43.6 Å². The van der Waals surface area contributed by atoms with Gasteiger partial charge < -0.3 is 5.32 Å². The van der Waals surface area contributed by atoms with Crippen molar-refractivity contribution < 1.29 is 0 Å². The van der Waals surface area contributed by atoms with Gasteiger partial charge in [-0.05, 0) is 38.8 Å². The predicted octanol–water partition coefficient (Wildman–Crippen LogP) is 2.84. The normalized spacial score (nSPS) is 13.4. The molecule has 0 saturated heterocycles. The number of aryl methyl sites for hydroxylation is 2. The number of nitrogens with one attached hydrogen (secondary N) is 1. The van der Waals surface area contributed by atoms with Gasteiger partial charge in [-0.2, -0.15) is 5.10 Å². The summed E-state index contributed by atoms with van der Waals surface area (Å²) >= 11 is 0. The first-order chi connectivity index (χ1) is 9.87. The van der Waals surface area contributed by atoms with Crippen molar-refractivity contribution in [3.63, 3.8) is 0 Å². The third-order valence-corrected chi connectivity index (χ3v) is 3.74. The van der Waals surface area contributed by atoms with Gasteiger partial charge in [0.05, 0.1) is 0 Å². The van der Waals surface area contributed by atoms with Crippen molar-refractivity contribution in [3.05, 3.63) is 47.5 Å². The number of benzene rings is 1. The highest BCUT2D eigenvalue weighted by molar-refractivity contribution is 5.30. The van der Waals surface area contributed by atoms with Crippen molar-refractivity contribution in [1.82, 2.24) is 20.1 Å². The smallest absolute Gasteiger partial charge is 0.138 e. The Kier molecular flexibility index (Phi) is 4.78. The molecule has 1 atom stereocenters. The van der Waals surface area contributed by atoms with Crippen LogP contribution in [-0.2, 0) is 13.5 Å². The zero-order valence-electron chi connectivity index (χ0n) is 13.7. The Balaban J connectivity index is 2.22. The van der Waals surface area contributed by atoms with Gasteiger partial charge in [-0.15, -0.1) is 0 Å². The molecule has 0 saturated carbocycles. The quantitative estimate of drug-likeness (QED) is 0.919. The van der Waals surface area contributed by atoms with Crippen LogP contribution in [0.5, 0.6) is 0 Å². The van der Waals surface area contributed by atoms with Gasteiger partial charge in [0.25, 0.3) is 0 Å². The Morgan fingerprint density at radius 1 is 1.24 bits per heavy atom. The van der Waals surface area contributed by atoms with Crippen LogP contribution < -0.4 is 5.32 Å². The molecule has 1 aromatic carbocycles. The summed E-state index contributed by atoms with van der Waals surface area (Å²) in [6, 6.07) is 8.61. The monoisotopic (exact) mass is 286 g/mol. The lowest BCUT2D eigenvalue weighted by Crippen LogP contribution is -2.39. The van der Waals surface area contributed by atoms with Crippen LogP contribution in [0.3, 0.4) is 0 Å². The van der Waals surface area contributed by atoms with Crippen molar-refractivity contribution in [2.24, 2.45) is 7.05 Å². The summed E-state index contributed by atoms with van der Waals surface area (Å²) < 4.78 is 1.86. The number of aromatic nitrogens is 3. The van der Waals surface area contributed by atoms with Gasteiger partial charge in [-0.25, -0.2) is 4.98 Å². The van der Waals surface area contributed by atoms with E-state index in [2.05, 4.69) is 67.4 Å². The minimum absolute atomic E-state index is 0.112. The fourth-order valence-electron chi connectivity index (χ4n) is 2.49. The summed E-state index contributed by atoms with van der Waals surface area (Å²) in [6.07, 6.45) is 2.52.